The Morgan fingerprint density at radius 1 is 1.00 bits per heavy atom. The smallest absolute Gasteiger partial charge is 0.251 e. The molecular weight excluding hydrogens is 488 g/mol. The minimum Gasteiger partial charge on any atom is -0.352 e. The van der Waals surface area contributed by atoms with E-state index in [0.717, 1.165) is 35.5 Å². The number of nitrogens with zero attached hydrogens (tertiary/aromatic N) is 1. The van der Waals surface area contributed by atoms with Gasteiger partial charge in [-0.05, 0) is 98.0 Å². The van der Waals surface area contributed by atoms with E-state index >= 15 is 0 Å². The van der Waals surface area contributed by atoms with Crippen LogP contribution >= 0.6 is 23.4 Å². The van der Waals surface area contributed by atoms with E-state index in [9.17, 15) is 9.59 Å². The maximum atomic E-state index is 13.1. The molecular formula is C30H31ClN2O2S. The minimum absolute atomic E-state index is 0.0759. The number of benzene rings is 3. The van der Waals surface area contributed by atoms with Crippen LogP contribution in [0.1, 0.15) is 70.9 Å². The van der Waals surface area contributed by atoms with Crippen LogP contribution in [0.15, 0.2) is 72.8 Å². The summed E-state index contributed by atoms with van der Waals surface area (Å²) in [5, 5.41) is 3.53. The number of carbonyl (C=O) groups is 2. The topological polar surface area (TPSA) is 49.4 Å². The molecule has 2 fully saturated rings. The Kier molecular flexibility index (Phi) is 7.68. The molecule has 5 rings (SSSR count). The van der Waals surface area contributed by atoms with Gasteiger partial charge in [0.2, 0.25) is 5.91 Å². The molecule has 1 aliphatic heterocycles. The third-order valence-electron chi connectivity index (χ3n) is 6.87. The summed E-state index contributed by atoms with van der Waals surface area (Å²) >= 11 is 7.59. The lowest BCUT2D eigenvalue weighted by atomic mass is 10.1. The third-order valence-corrected chi connectivity index (χ3v) is 8.48. The predicted molar refractivity (Wildman–Crippen MR) is 149 cm³/mol. The van der Waals surface area contributed by atoms with Gasteiger partial charge in [0.05, 0.1) is 5.25 Å². The van der Waals surface area contributed by atoms with Gasteiger partial charge in [0, 0.05) is 22.8 Å². The van der Waals surface area contributed by atoms with E-state index in [1.165, 1.54) is 24.0 Å². The Hall–Kier alpha value is -2.76. The van der Waals surface area contributed by atoms with Crippen molar-refractivity contribution in [2.45, 2.75) is 55.6 Å². The Labute approximate surface area is 222 Å². The first kappa shape index (κ1) is 24.9. The molecule has 2 amide bonds. The summed E-state index contributed by atoms with van der Waals surface area (Å²) in [6, 6.07) is 24.0. The van der Waals surface area contributed by atoms with Crippen LogP contribution in [0.25, 0.3) is 0 Å². The number of carbonyl (C=O) groups excluding carboxylic acids is 2. The van der Waals surface area contributed by atoms with Crippen molar-refractivity contribution in [3.8, 4) is 0 Å². The van der Waals surface area contributed by atoms with Gasteiger partial charge < -0.3 is 5.32 Å². The van der Waals surface area contributed by atoms with Crippen molar-refractivity contribution < 1.29 is 9.59 Å². The number of halogens is 1. The zero-order valence-corrected chi connectivity index (χ0v) is 22.0. The molecule has 3 aromatic rings. The molecule has 2 aliphatic rings. The van der Waals surface area contributed by atoms with E-state index in [1.807, 2.05) is 66.4 Å². The van der Waals surface area contributed by atoms with Crippen LogP contribution in [0.4, 0.5) is 5.69 Å². The van der Waals surface area contributed by atoms with Crippen LogP contribution < -0.4 is 10.2 Å². The second kappa shape index (κ2) is 11.1. The summed E-state index contributed by atoms with van der Waals surface area (Å²) in [5.74, 6) is 0.672. The van der Waals surface area contributed by atoms with E-state index < -0.39 is 0 Å². The molecule has 1 aliphatic carbocycles. The monoisotopic (exact) mass is 518 g/mol. The minimum atomic E-state index is -0.144. The van der Waals surface area contributed by atoms with E-state index in [4.69, 9.17) is 11.6 Å². The van der Waals surface area contributed by atoms with Gasteiger partial charge in [0.1, 0.15) is 5.37 Å². The number of anilines is 1. The molecule has 1 saturated heterocycles. The molecule has 0 radical (unpaired) electrons. The zero-order valence-electron chi connectivity index (χ0n) is 20.5. The fourth-order valence-corrected chi connectivity index (χ4v) is 6.10. The van der Waals surface area contributed by atoms with Gasteiger partial charge >= 0.3 is 0 Å². The summed E-state index contributed by atoms with van der Waals surface area (Å²) in [7, 11) is 0. The number of hydrogen-bond acceptors (Lipinski definition) is 3. The van der Waals surface area contributed by atoms with Crippen LogP contribution in [0, 0.1) is 0 Å². The molecule has 1 N–H and O–H groups in total. The summed E-state index contributed by atoms with van der Waals surface area (Å²) in [6.07, 6.45) is 5.32. The first-order valence-corrected chi connectivity index (χ1v) is 14.0. The summed E-state index contributed by atoms with van der Waals surface area (Å²) in [6.45, 7) is 2.59. The van der Waals surface area contributed by atoms with Crippen LogP contribution in [0.3, 0.4) is 0 Å². The first-order valence-electron chi connectivity index (χ1n) is 12.7. The maximum Gasteiger partial charge on any atom is 0.251 e. The SMILES string of the molecule is CC1SC(c2cccc(C(=O)NCCCCc3ccc(Cl)cc3)c2)N(c2cccc(C3CC3)c2)C1=O. The Bertz CT molecular complexity index is 1240. The van der Waals surface area contributed by atoms with E-state index in [0.29, 0.717) is 18.0 Å². The van der Waals surface area contributed by atoms with Gasteiger partial charge in [-0.2, -0.15) is 0 Å². The summed E-state index contributed by atoms with van der Waals surface area (Å²) in [5.41, 5.74) is 5.12. The van der Waals surface area contributed by atoms with Gasteiger partial charge in [-0.25, -0.2) is 0 Å². The number of amides is 2. The van der Waals surface area contributed by atoms with Crippen molar-refractivity contribution in [3.05, 3.63) is 100 Å². The number of unbranched alkanes of at least 4 members (excludes halogenated alkanes) is 1. The standard InChI is InChI=1S/C30H31ClN2O2S/c1-20-29(35)33(27-10-5-7-23(19-27)22-13-14-22)30(36-20)25-9-4-8-24(18-25)28(34)32-17-3-2-6-21-11-15-26(31)16-12-21/h4-5,7-12,15-16,18-20,22,30H,2-3,6,13-14,17H2,1H3,(H,32,34). The highest BCUT2D eigenvalue weighted by Crippen LogP contribution is 2.47. The van der Waals surface area contributed by atoms with Crippen molar-refractivity contribution >= 4 is 40.9 Å². The Morgan fingerprint density at radius 3 is 2.53 bits per heavy atom. The third kappa shape index (κ3) is 5.79. The molecule has 186 valence electrons. The molecule has 1 saturated carbocycles. The van der Waals surface area contributed by atoms with Crippen molar-refractivity contribution in [2.24, 2.45) is 0 Å². The van der Waals surface area contributed by atoms with Gasteiger partial charge in [-0.3, -0.25) is 14.5 Å². The van der Waals surface area contributed by atoms with E-state index in [2.05, 4.69) is 23.5 Å². The van der Waals surface area contributed by atoms with Gasteiger partial charge in [-0.15, -0.1) is 11.8 Å². The van der Waals surface area contributed by atoms with Crippen molar-refractivity contribution in [1.82, 2.24) is 5.32 Å². The molecule has 6 heteroatoms. The van der Waals surface area contributed by atoms with E-state index in [1.54, 1.807) is 11.8 Å². The van der Waals surface area contributed by atoms with Gasteiger partial charge in [0.25, 0.3) is 5.91 Å². The highest BCUT2D eigenvalue weighted by Gasteiger charge is 2.40. The summed E-state index contributed by atoms with van der Waals surface area (Å²) < 4.78 is 0. The Morgan fingerprint density at radius 2 is 1.75 bits per heavy atom. The highest BCUT2D eigenvalue weighted by molar-refractivity contribution is 8.01. The molecule has 1 heterocycles. The lowest BCUT2D eigenvalue weighted by Crippen LogP contribution is -2.30. The molecule has 3 aromatic carbocycles. The summed E-state index contributed by atoms with van der Waals surface area (Å²) in [4.78, 5) is 27.9. The van der Waals surface area contributed by atoms with E-state index in [-0.39, 0.29) is 22.4 Å². The van der Waals surface area contributed by atoms with Crippen molar-refractivity contribution in [3.63, 3.8) is 0 Å². The highest BCUT2D eigenvalue weighted by atomic mass is 35.5. The van der Waals surface area contributed by atoms with Crippen LogP contribution in [-0.2, 0) is 11.2 Å². The number of nitrogens with one attached hydrogen (secondary N) is 1. The molecule has 36 heavy (non-hydrogen) atoms. The molecule has 0 spiro atoms. The van der Waals surface area contributed by atoms with Gasteiger partial charge in [-0.1, -0.05) is 48.0 Å². The second-order valence-electron chi connectivity index (χ2n) is 9.67. The lowest BCUT2D eigenvalue weighted by Gasteiger charge is -2.25. The normalized spacial score (nSPS) is 19.5. The number of thioether (sulfide) groups is 1. The molecule has 0 aromatic heterocycles. The molecule has 0 bridgehead atoms. The number of aryl methyl sites for hydroxylation is 1. The number of rotatable bonds is 9. The second-order valence-corrected chi connectivity index (χ2v) is 11.5. The van der Waals surface area contributed by atoms with Gasteiger partial charge in [0.15, 0.2) is 0 Å². The average Bonchev–Trinajstić information content (AvgIpc) is 3.70. The van der Waals surface area contributed by atoms with Crippen LogP contribution in [0.5, 0.6) is 0 Å². The maximum absolute atomic E-state index is 13.1. The largest absolute Gasteiger partial charge is 0.352 e. The molecule has 2 atom stereocenters. The van der Waals surface area contributed by atoms with Crippen molar-refractivity contribution in [2.75, 3.05) is 11.4 Å². The van der Waals surface area contributed by atoms with Crippen LogP contribution in [0.2, 0.25) is 5.02 Å². The first-order chi connectivity index (χ1) is 17.5. The quantitative estimate of drug-likeness (QED) is 0.306. The van der Waals surface area contributed by atoms with Crippen molar-refractivity contribution in [1.29, 1.82) is 0 Å². The zero-order chi connectivity index (χ0) is 25.1. The molecule has 2 unspecified atom stereocenters. The number of hydrogen-bond donors (Lipinski definition) is 1. The van der Waals surface area contributed by atoms with Crippen LogP contribution in [-0.4, -0.2) is 23.6 Å². The average molecular weight is 519 g/mol. The molecule has 4 nitrogen and oxygen atoms in total. The lowest BCUT2D eigenvalue weighted by molar-refractivity contribution is -0.117. The fraction of sp³-hybridized carbons (Fsp3) is 0.333. The Balaban J connectivity index is 1.22. The fourth-order valence-electron chi connectivity index (χ4n) is 4.70. The predicted octanol–water partition coefficient (Wildman–Crippen LogP) is 7.14.